The molecule has 118 valence electrons. The molecule has 0 aliphatic carbocycles. The lowest BCUT2D eigenvalue weighted by Gasteiger charge is -2.08. The molecule has 3 heterocycles. The van der Waals surface area contributed by atoms with Gasteiger partial charge in [-0.25, -0.2) is 4.98 Å². The van der Waals surface area contributed by atoms with Crippen LogP contribution in [0.25, 0.3) is 11.5 Å². The van der Waals surface area contributed by atoms with Crippen molar-refractivity contribution in [2.45, 2.75) is 45.3 Å². The van der Waals surface area contributed by atoms with Gasteiger partial charge in [0.25, 0.3) is 0 Å². The van der Waals surface area contributed by atoms with E-state index in [1.165, 1.54) is 0 Å². The SMILES string of the molecule is Cc1nc(-c2ccc(CNC(=O)CCC3CCCO3)o2)cs1. The van der Waals surface area contributed by atoms with Crippen LogP contribution in [0.1, 0.15) is 36.5 Å². The standard InChI is InChI=1S/C16H20N2O3S/c1-11-18-14(10-22-11)15-6-4-13(21-15)9-17-16(19)7-5-12-3-2-8-20-12/h4,6,10,12H,2-3,5,7-9H2,1H3,(H,17,19). The first kappa shape index (κ1) is 15.2. The third kappa shape index (κ3) is 3.96. The van der Waals surface area contributed by atoms with E-state index in [0.717, 1.165) is 48.1 Å². The molecule has 0 bridgehead atoms. The second-order valence-electron chi connectivity index (χ2n) is 5.47. The number of carbonyl (C=O) groups is 1. The second-order valence-corrected chi connectivity index (χ2v) is 6.53. The monoisotopic (exact) mass is 320 g/mol. The van der Waals surface area contributed by atoms with Crippen LogP contribution >= 0.6 is 11.3 Å². The second kappa shape index (κ2) is 7.07. The van der Waals surface area contributed by atoms with E-state index in [9.17, 15) is 4.79 Å². The lowest BCUT2D eigenvalue weighted by Crippen LogP contribution is -2.23. The molecule has 2 aromatic heterocycles. The van der Waals surface area contributed by atoms with Crippen LogP contribution in [0.5, 0.6) is 0 Å². The number of hydrogen-bond donors (Lipinski definition) is 1. The predicted octanol–water partition coefficient (Wildman–Crippen LogP) is 3.29. The van der Waals surface area contributed by atoms with Crippen LogP contribution in [0.3, 0.4) is 0 Å². The number of aromatic nitrogens is 1. The first-order valence-electron chi connectivity index (χ1n) is 7.60. The summed E-state index contributed by atoms with van der Waals surface area (Å²) in [6.07, 6.45) is 3.74. The van der Waals surface area contributed by atoms with Crippen LogP contribution in [0, 0.1) is 6.92 Å². The molecule has 1 unspecified atom stereocenters. The molecule has 3 rings (SSSR count). The van der Waals surface area contributed by atoms with Crippen molar-refractivity contribution in [1.29, 1.82) is 0 Å². The van der Waals surface area contributed by atoms with Crippen LogP contribution in [-0.4, -0.2) is 23.6 Å². The summed E-state index contributed by atoms with van der Waals surface area (Å²) in [5, 5.41) is 5.87. The van der Waals surface area contributed by atoms with E-state index in [0.29, 0.717) is 13.0 Å². The number of thiazole rings is 1. The van der Waals surface area contributed by atoms with E-state index in [4.69, 9.17) is 9.15 Å². The van der Waals surface area contributed by atoms with Gasteiger partial charge in [-0.2, -0.15) is 0 Å². The molecule has 0 spiro atoms. The maximum Gasteiger partial charge on any atom is 0.220 e. The molecule has 1 N–H and O–H groups in total. The molecule has 2 aromatic rings. The Morgan fingerprint density at radius 2 is 2.41 bits per heavy atom. The van der Waals surface area contributed by atoms with Crippen molar-refractivity contribution >= 4 is 17.2 Å². The van der Waals surface area contributed by atoms with E-state index in [1.807, 2.05) is 24.4 Å². The largest absolute Gasteiger partial charge is 0.458 e. The molecule has 1 saturated heterocycles. The van der Waals surface area contributed by atoms with Crippen molar-refractivity contribution in [3.8, 4) is 11.5 Å². The summed E-state index contributed by atoms with van der Waals surface area (Å²) in [5.41, 5.74) is 0.846. The molecular formula is C16H20N2O3S. The molecule has 6 heteroatoms. The first-order valence-corrected chi connectivity index (χ1v) is 8.48. The Kier molecular flexibility index (Phi) is 4.90. The molecule has 22 heavy (non-hydrogen) atoms. The van der Waals surface area contributed by atoms with Gasteiger partial charge in [-0.1, -0.05) is 0 Å². The molecule has 1 aliphatic heterocycles. The molecule has 1 atom stereocenters. The zero-order chi connectivity index (χ0) is 15.4. The third-order valence-electron chi connectivity index (χ3n) is 3.71. The number of rotatable bonds is 6. The first-order chi connectivity index (χ1) is 10.7. The van der Waals surface area contributed by atoms with Crippen LogP contribution in [0.4, 0.5) is 0 Å². The van der Waals surface area contributed by atoms with Crippen molar-refractivity contribution in [2.24, 2.45) is 0 Å². The number of amides is 1. The number of furan rings is 1. The van der Waals surface area contributed by atoms with Gasteiger partial charge >= 0.3 is 0 Å². The highest BCUT2D eigenvalue weighted by molar-refractivity contribution is 7.09. The summed E-state index contributed by atoms with van der Waals surface area (Å²) in [7, 11) is 0. The van der Waals surface area contributed by atoms with Crippen molar-refractivity contribution < 1.29 is 13.9 Å². The molecule has 1 aliphatic rings. The normalized spacial score (nSPS) is 17.8. The number of nitrogens with zero attached hydrogens (tertiary/aromatic N) is 1. The Bertz CT molecular complexity index is 629. The van der Waals surface area contributed by atoms with Gasteiger partial charge in [0, 0.05) is 18.4 Å². The van der Waals surface area contributed by atoms with E-state index in [-0.39, 0.29) is 12.0 Å². The van der Waals surface area contributed by atoms with Crippen molar-refractivity contribution in [3.05, 3.63) is 28.3 Å². The van der Waals surface area contributed by atoms with Crippen molar-refractivity contribution in [2.75, 3.05) is 6.61 Å². The molecule has 0 saturated carbocycles. The Morgan fingerprint density at radius 1 is 1.50 bits per heavy atom. The molecule has 0 radical (unpaired) electrons. The summed E-state index contributed by atoms with van der Waals surface area (Å²) in [6, 6.07) is 3.77. The summed E-state index contributed by atoms with van der Waals surface area (Å²) in [4.78, 5) is 16.2. The third-order valence-corrected chi connectivity index (χ3v) is 4.48. The smallest absolute Gasteiger partial charge is 0.220 e. The van der Waals surface area contributed by atoms with E-state index in [1.54, 1.807) is 11.3 Å². The van der Waals surface area contributed by atoms with Crippen LogP contribution in [0.2, 0.25) is 0 Å². The van der Waals surface area contributed by atoms with Gasteiger partial charge in [0.15, 0.2) is 5.76 Å². The number of hydrogen-bond acceptors (Lipinski definition) is 5. The molecule has 1 fully saturated rings. The maximum absolute atomic E-state index is 11.8. The highest BCUT2D eigenvalue weighted by atomic mass is 32.1. The fourth-order valence-corrected chi connectivity index (χ4v) is 3.13. The summed E-state index contributed by atoms with van der Waals surface area (Å²) in [5.74, 6) is 1.53. The van der Waals surface area contributed by atoms with E-state index >= 15 is 0 Å². The fraction of sp³-hybridized carbons (Fsp3) is 0.500. The van der Waals surface area contributed by atoms with Crippen LogP contribution in [0.15, 0.2) is 21.9 Å². The summed E-state index contributed by atoms with van der Waals surface area (Å²) < 4.78 is 11.2. The number of aryl methyl sites for hydroxylation is 1. The Morgan fingerprint density at radius 3 is 3.14 bits per heavy atom. The number of nitrogens with one attached hydrogen (secondary N) is 1. The number of carbonyl (C=O) groups excluding carboxylic acids is 1. The highest BCUT2D eigenvalue weighted by Gasteiger charge is 2.16. The maximum atomic E-state index is 11.8. The molecular weight excluding hydrogens is 300 g/mol. The lowest BCUT2D eigenvalue weighted by molar-refractivity contribution is -0.121. The summed E-state index contributed by atoms with van der Waals surface area (Å²) in [6.45, 7) is 3.21. The van der Waals surface area contributed by atoms with Crippen LogP contribution in [-0.2, 0) is 16.1 Å². The minimum atomic E-state index is 0.0398. The quantitative estimate of drug-likeness (QED) is 0.887. The lowest BCUT2D eigenvalue weighted by atomic mass is 10.1. The fourth-order valence-electron chi connectivity index (χ4n) is 2.53. The van der Waals surface area contributed by atoms with Gasteiger partial charge in [0.2, 0.25) is 5.91 Å². The molecule has 5 nitrogen and oxygen atoms in total. The molecule has 1 amide bonds. The van der Waals surface area contributed by atoms with Gasteiger partial charge in [-0.15, -0.1) is 11.3 Å². The zero-order valence-electron chi connectivity index (χ0n) is 12.6. The average Bonchev–Trinajstić information content (AvgIpc) is 3.24. The Hall–Kier alpha value is -1.66. The minimum absolute atomic E-state index is 0.0398. The summed E-state index contributed by atoms with van der Waals surface area (Å²) >= 11 is 1.59. The Labute approximate surface area is 133 Å². The van der Waals surface area contributed by atoms with Crippen molar-refractivity contribution in [1.82, 2.24) is 10.3 Å². The minimum Gasteiger partial charge on any atom is -0.458 e. The topological polar surface area (TPSA) is 64.4 Å². The van der Waals surface area contributed by atoms with E-state index < -0.39 is 0 Å². The average molecular weight is 320 g/mol. The van der Waals surface area contributed by atoms with Crippen LogP contribution < -0.4 is 5.32 Å². The van der Waals surface area contributed by atoms with E-state index in [2.05, 4.69) is 10.3 Å². The van der Waals surface area contributed by atoms with Gasteiger partial charge in [-0.05, 0) is 38.3 Å². The van der Waals surface area contributed by atoms with Gasteiger partial charge in [0.05, 0.1) is 17.7 Å². The Balaban J connectivity index is 1.45. The molecule has 0 aromatic carbocycles. The zero-order valence-corrected chi connectivity index (χ0v) is 13.4. The van der Waals surface area contributed by atoms with Gasteiger partial charge in [-0.3, -0.25) is 4.79 Å². The van der Waals surface area contributed by atoms with Gasteiger partial charge < -0.3 is 14.5 Å². The van der Waals surface area contributed by atoms with Crippen molar-refractivity contribution in [3.63, 3.8) is 0 Å². The van der Waals surface area contributed by atoms with Gasteiger partial charge in [0.1, 0.15) is 11.5 Å². The highest BCUT2D eigenvalue weighted by Crippen LogP contribution is 2.23. The predicted molar refractivity (Wildman–Crippen MR) is 84.6 cm³/mol. The number of ether oxygens (including phenoxy) is 1.